The Hall–Kier alpha value is -0.0800. The van der Waals surface area contributed by atoms with E-state index < -0.39 is 0 Å². The molecule has 1 saturated heterocycles. The molecule has 0 radical (unpaired) electrons. The minimum absolute atomic E-state index is 0.398. The Labute approximate surface area is 56.6 Å². The van der Waals surface area contributed by atoms with E-state index >= 15 is 0 Å². The van der Waals surface area contributed by atoms with Crippen LogP contribution >= 0.6 is 0 Å². The molecular formula is C7H15NO. The van der Waals surface area contributed by atoms with E-state index in [0.29, 0.717) is 12.0 Å². The second-order valence-electron chi connectivity index (χ2n) is 2.91. The zero-order valence-corrected chi connectivity index (χ0v) is 6.18. The highest BCUT2D eigenvalue weighted by atomic mass is 16.5. The Balaban J connectivity index is 2.25. The Kier molecular flexibility index (Phi) is 2.49. The molecule has 2 heteroatoms. The first-order valence-electron chi connectivity index (χ1n) is 3.61. The van der Waals surface area contributed by atoms with E-state index in [1.165, 1.54) is 0 Å². The van der Waals surface area contributed by atoms with Gasteiger partial charge in [-0.25, -0.2) is 0 Å². The first kappa shape index (κ1) is 7.03. The molecule has 9 heavy (non-hydrogen) atoms. The van der Waals surface area contributed by atoms with Crippen molar-refractivity contribution in [2.45, 2.75) is 20.0 Å². The van der Waals surface area contributed by atoms with Crippen LogP contribution in [-0.4, -0.2) is 25.8 Å². The highest BCUT2D eigenvalue weighted by Crippen LogP contribution is 2.01. The molecule has 54 valence electrons. The van der Waals surface area contributed by atoms with E-state index in [1.807, 2.05) is 0 Å². The summed E-state index contributed by atoms with van der Waals surface area (Å²) in [4.78, 5) is 0. The third kappa shape index (κ3) is 2.33. The van der Waals surface area contributed by atoms with Gasteiger partial charge in [-0.05, 0) is 19.4 Å². The van der Waals surface area contributed by atoms with Crippen molar-refractivity contribution in [3.63, 3.8) is 0 Å². The standard InChI is InChI=1S/C7H15NO/c1-6-3-8-4-7(2)9-5-6/h6-8H,3-5H2,1-2H3. The van der Waals surface area contributed by atoms with Crippen LogP contribution in [0.3, 0.4) is 0 Å². The van der Waals surface area contributed by atoms with Crippen LogP contribution in [0, 0.1) is 5.92 Å². The van der Waals surface area contributed by atoms with Crippen molar-refractivity contribution in [3.8, 4) is 0 Å². The molecule has 0 amide bonds. The molecule has 0 spiro atoms. The van der Waals surface area contributed by atoms with Crippen molar-refractivity contribution < 1.29 is 4.74 Å². The summed E-state index contributed by atoms with van der Waals surface area (Å²) in [5.74, 6) is 0.676. The molecule has 0 aliphatic carbocycles. The van der Waals surface area contributed by atoms with Crippen molar-refractivity contribution in [1.82, 2.24) is 5.32 Å². The van der Waals surface area contributed by atoms with Gasteiger partial charge >= 0.3 is 0 Å². The Bertz CT molecular complexity index is 75.0. The number of rotatable bonds is 0. The molecule has 1 aliphatic heterocycles. The van der Waals surface area contributed by atoms with Crippen molar-refractivity contribution in [2.75, 3.05) is 19.7 Å². The molecule has 2 unspecified atom stereocenters. The SMILES string of the molecule is CC1CNCC(C)OC1. The molecule has 1 N–H and O–H groups in total. The molecule has 0 saturated carbocycles. The Morgan fingerprint density at radius 3 is 2.89 bits per heavy atom. The van der Waals surface area contributed by atoms with Crippen LogP contribution in [-0.2, 0) is 4.74 Å². The van der Waals surface area contributed by atoms with Gasteiger partial charge in [-0.3, -0.25) is 0 Å². The van der Waals surface area contributed by atoms with Gasteiger partial charge in [0.2, 0.25) is 0 Å². The van der Waals surface area contributed by atoms with E-state index in [-0.39, 0.29) is 0 Å². The topological polar surface area (TPSA) is 21.3 Å². The van der Waals surface area contributed by atoms with Gasteiger partial charge in [-0.15, -0.1) is 0 Å². The fourth-order valence-corrected chi connectivity index (χ4v) is 0.979. The average Bonchev–Trinajstić information content (AvgIpc) is 1.97. The van der Waals surface area contributed by atoms with Crippen LogP contribution in [0.15, 0.2) is 0 Å². The van der Waals surface area contributed by atoms with Gasteiger partial charge in [0.15, 0.2) is 0 Å². The minimum Gasteiger partial charge on any atom is -0.377 e. The lowest BCUT2D eigenvalue weighted by Crippen LogP contribution is -2.24. The van der Waals surface area contributed by atoms with Crippen molar-refractivity contribution in [2.24, 2.45) is 5.92 Å². The molecule has 2 nitrogen and oxygen atoms in total. The molecule has 1 aliphatic rings. The van der Waals surface area contributed by atoms with Gasteiger partial charge in [-0.2, -0.15) is 0 Å². The predicted molar refractivity (Wildman–Crippen MR) is 37.4 cm³/mol. The van der Waals surface area contributed by atoms with E-state index in [2.05, 4.69) is 19.2 Å². The summed E-state index contributed by atoms with van der Waals surface area (Å²) in [6.45, 7) is 7.32. The first-order chi connectivity index (χ1) is 4.29. The summed E-state index contributed by atoms with van der Waals surface area (Å²) in [6.07, 6.45) is 0.398. The monoisotopic (exact) mass is 129 g/mol. The molecule has 2 atom stereocenters. The van der Waals surface area contributed by atoms with Gasteiger partial charge in [-0.1, -0.05) is 6.92 Å². The van der Waals surface area contributed by atoms with Gasteiger partial charge in [0, 0.05) is 6.54 Å². The summed E-state index contributed by atoms with van der Waals surface area (Å²) in [7, 11) is 0. The Morgan fingerprint density at radius 1 is 1.33 bits per heavy atom. The maximum atomic E-state index is 5.45. The van der Waals surface area contributed by atoms with Crippen LogP contribution in [0.5, 0.6) is 0 Å². The molecule has 1 rings (SSSR count). The van der Waals surface area contributed by atoms with Crippen molar-refractivity contribution in [1.29, 1.82) is 0 Å². The van der Waals surface area contributed by atoms with Gasteiger partial charge in [0.25, 0.3) is 0 Å². The maximum absolute atomic E-state index is 5.45. The van der Waals surface area contributed by atoms with E-state index in [1.54, 1.807) is 0 Å². The highest BCUT2D eigenvalue weighted by Gasteiger charge is 2.10. The average molecular weight is 129 g/mol. The summed E-state index contributed by atoms with van der Waals surface area (Å²) in [6, 6.07) is 0. The molecule has 0 bridgehead atoms. The quantitative estimate of drug-likeness (QED) is 0.518. The Morgan fingerprint density at radius 2 is 2.11 bits per heavy atom. The number of hydrogen-bond acceptors (Lipinski definition) is 2. The summed E-state index contributed by atoms with van der Waals surface area (Å²) in [5.41, 5.74) is 0. The smallest absolute Gasteiger partial charge is 0.0671 e. The molecule has 0 aromatic carbocycles. The lowest BCUT2D eigenvalue weighted by molar-refractivity contribution is 0.0642. The van der Waals surface area contributed by atoms with E-state index in [4.69, 9.17) is 4.74 Å². The molecule has 0 aromatic rings. The van der Waals surface area contributed by atoms with Crippen LogP contribution in [0.25, 0.3) is 0 Å². The third-order valence-electron chi connectivity index (χ3n) is 1.59. The fourth-order valence-electron chi connectivity index (χ4n) is 0.979. The predicted octanol–water partition coefficient (Wildman–Crippen LogP) is 0.631. The van der Waals surface area contributed by atoms with Gasteiger partial charge in [0.05, 0.1) is 12.7 Å². The van der Waals surface area contributed by atoms with Crippen LogP contribution < -0.4 is 5.32 Å². The normalized spacial score (nSPS) is 38.0. The van der Waals surface area contributed by atoms with Crippen molar-refractivity contribution in [3.05, 3.63) is 0 Å². The lowest BCUT2D eigenvalue weighted by Gasteiger charge is -2.07. The second kappa shape index (κ2) is 3.18. The van der Waals surface area contributed by atoms with Crippen molar-refractivity contribution >= 4 is 0 Å². The van der Waals surface area contributed by atoms with Crippen LogP contribution in [0.2, 0.25) is 0 Å². The zero-order chi connectivity index (χ0) is 6.69. The largest absolute Gasteiger partial charge is 0.377 e. The van der Waals surface area contributed by atoms with E-state index in [0.717, 1.165) is 19.7 Å². The first-order valence-corrected chi connectivity index (χ1v) is 3.61. The fraction of sp³-hybridized carbons (Fsp3) is 1.00. The number of hydrogen-bond donors (Lipinski definition) is 1. The lowest BCUT2D eigenvalue weighted by atomic mass is 10.2. The molecule has 1 fully saturated rings. The summed E-state index contributed by atoms with van der Waals surface area (Å²) in [5, 5.41) is 3.32. The maximum Gasteiger partial charge on any atom is 0.0671 e. The van der Waals surface area contributed by atoms with Gasteiger partial charge < -0.3 is 10.1 Å². The number of nitrogens with one attached hydrogen (secondary N) is 1. The molecule has 1 heterocycles. The minimum atomic E-state index is 0.398. The van der Waals surface area contributed by atoms with Crippen LogP contribution in [0.4, 0.5) is 0 Å². The molecule has 0 aromatic heterocycles. The summed E-state index contributed by atoms with van der Waals surface area (Å²) >= 11 is 0. The third-order valence-corrected chi connectivity index (χ3v) is 1.59. The van der Waals surface area contributed by atoms with E-state index in [9.17, 15) is 0 Å². The highest BCUT2D eigenvalue weighted by molar-refractivity contribution is 4.64. The van der Waals surface area contributed by atoms with Crippen LogP contribution in [0.1, 0.15) is 13.8 Å². The van der Waals surface area contributed by atoms with Gasteiger partial charge in [0.1, 0.15) is 0 Å². The second-order valence-corrected chi connectivity index (χ2v) is 2.91. The number of ether oxygens (including phenoxy) is 1. The molecular weight excluding hydrogens is 114 g/mol. The zero-order valence-electron chi connectivity index (χ0n) is 6.18. The summed E-state index contributed by atoms with van der Waals surface area (Å²) < 4.78 is 5.45.